The van der Waals surface area contributed by atoms with Gasteiger partial charge in [-0.1, -0.05) is 6.07 Å². The molecule has 2 heterocycles. The molecule has 0 bridgehead atoms. The second-order valence-corrected chi connectivity index (χ2v) is 4.43. The average Bonchev–Trinajstić information content (AvgIpc) is 2.90. The van der Waals surface area contributed by atoms with E-state index in [2.05, 4.69) is 39.3 Å². The van der Waals surface area contributed by atoms with Crippen LogP contribution in [0.1, 0.15) is 11.4 Å². The van der Waals surface area contributed by atoms with Crippen molar-refractivity contribution in [2.24, 2.45) is 0 Å². The Morgan fingerprint density at radius 2 is 2.21 bits per heavy atom. The fourth-order valence-electron chi connectivity index (χ4n) is 2.00. The molecule has 0 fully saturated rings. The highest BCUT2D eigenvalue weighted by molar-refractivity contribution is 5.08. The molecule has 0 saturated carbocycles. The van der Waals surface area contributed by atoms with Gasteiger partial charge in [0.25, 0.3) is 0 Å². The van der Waals surface area contributed by atoms with Crippen LogP contribution in [0.3, 0.4) is 0 Å². The summed E-state index contributed by atoms with van der Waals surface area (Å²) in [4.78, 5) is 4.35. The molecule has 2 aromatic rings. The SMILES string of the molecule is COCCNCc1cccn1CCc1ccccn1. The Hall–Kier alpha value is -1.65. The predicted molar refractivity (Wildman–Crippen MR) is 76.0 cm³/mol. The smallest absolute Gasteiger partial charge is 0.0587 e. The molecule has 2 rings (SSSR count). The lowest BCUT2D eigenvalue weighted by Crippen LogP contribution is -2.20. The van der Waals surface area contributed by atoms with Crippen LogP contribution in [0.15, 0.2) is 42.7 Å². The van der Waals surface area contributed by atoms with Crippen LogP contribution in [0.5, 0.6) is 0 Å². The molecule has 0 unspecified atom stereocenters. The van der Waals surface area contributed by atoms with Crippen LogP contribution in [-0.2, 0) is 24.2 Å². The van der Waals surface area contributed by atoms with Gasteiger partial charge in [-0.25, -0.2) is 0 Å². The first kappa shape index (κ1) is 13.8. The number of nitrogens with zero attached hydrogens (tertiary/aromatic N) is 2. The maximum Gasteiger partial charge on any atom is 0.0587 e. The molecule has 1 N–H and O–H groups in total. The van der Waals surface area contributed by atoms with E-state index < -0.39 is 0 Å². The van der Waals surface area contributed by atoms with E-state index in [0.717, 1.165) is 38.4 Å². The molecule has 19 heavy (non-hydrogen) atoms. The molecule has 0 radical (unpaired) electrons. The third kappa shape index (κ3) is 4.50. The number of methoxy groups -OCH3 is 1. The normalized spacial score (nSPS) is 10.8. The Balaban J connectivity index is 1.82. The van der Waals surface area contributed by atoms with Gasteiger partial charge < -0.3 is 14.6 Å². The quantitative estimate of drug-likeness (QED) is 0.736. The Morgan fingerprint density at radius 3 is 3.00 bits per heavy atom. The zero-order valence-electron chi connectivity index (χ0n) is 11.4. The van der Waals surface area contributed by atoms with Gasteiger partial charge in [-0.15, -0.1) is 0 Å². The highest BCUT2D eigenvalue weighted by atomic mass is 16.5. The lowest BCUT2D eigenvalue weighted by molar-refractivity contribution is 0.199. The van der Waals surface area contributed by atoms with Crippen molar-refractivity contribution in [3.8, 4) is 0 Å². The zero-order valence-corrected chi connectivity index (χ0v) is 11.4. The van der Waals surface area contributed by atoms with Gasteiger partial charge in [0, 0.05) is 56.9 Å². The van der Waals surface area contributed by atoms with Crippen LogP contribution < -0.4 is 5.32 Å². The number of hydrogen-bond donors (Lipinski definition) is 1. The van der Waals surface area contributed by atoms with Crippen molar-refractivity contribution in [2.45, 2.75) is 19.5 Å². The summed E-state index contributed by atoms with van der Waals surface area (Å²) in [6.45, 7) is 3.46. The first-order valence-corrected chi connectivity index (χ1v) is 6.63. The first-order valence-electron chi connectivity index (χ1n) is 6.63. The third-order valence-corrected chi connectivity index (χ3v) is 3.05. The average molecular weight is 259 g/mol. The van der Waals surface area contributed by atoms with Crippen molar-refractivity contribution < 1.29 is 4.74 Å². The molecule has 4 heteroatoms. The van der Waals surface area contributed by atoms with E-state index in [1.807, 2.05) is 18.3 Å². The standard InChI is InChI=1S/C15H21N3O/c1-19-12-9-16-13-15-6-4-10-18(15)11-7-14-5-2-3-8-17-14/h2-6,8,10,16H,7,9,11-13H2,1H3. The zero-order chi connectivity index (χ0) is 13.3. The molecule has 0 aliphatic heterocycles. The van der Waals surface area contributed by atoms with Crippen LogP contribution in [0.4, 0.5) is 0 Å². The van der Waals surface area contributed by atoms with Gasteiger partial charge in [0.2, 0.25) is 0 Å². The van der Waals surface area contributed by atoms with Crippen LogP contribution in [0.2, 0.25) is 0 Å². The number of nitrogens with one attached hydrogen (secondary N) is 1. The molecular formula is C15H21N3O. The van der Waals surface area contributed by atoms with Crippen LogP contribution in [0.25, 0.3) is 0 Å². The molecule has 102 valence electrons. The van der Waals surface area contributed by atoms with Crippen molar-refractivity contribution in [2.75, 3.05) is 20.3 Å². The van der Waals surface area contributed by atoms with Crippen molar-refractivity contribution in [1.82, 2.24) is 14.9 Å². The molecule has 0 aromatic carbocycles. The monoisotopic (exact) mass is 259 g/mol. The number of aryl methyl sites for hydroxylation is 2. The van der Waals surface area contributed by atoms with Gasteiger partial charge in [-0.05, 0) is 24.3 Å². The molecular weight excluding hydrogens is 238 g/mol. The lowest BCUT2D eigenvalue weighted by Gasteiger charge is -2.10. The highest BCUT2D eigenvalue weighted by Crippen LogP contribution is 2.05. The molecule has 0 atom stereocenters. The van der Waals surface area contributed by atoms with Crippen LogP contribution in [0, 0.1) is 0 Å². The van der Waals surface area contributed by atoms with E-state index in [4.69, 9.17) is 4.74 Å². The number of pyridine rings is 1. The number of ether oxygens (including phenoxy) is 1. The summed E-state index contributed by atoms with van der Waals surface area (Å²) in [6, 6.07) is 10.3. The second-order valence-electron chi connectivity index (χ2n) is 4.43. The minimum Gasteiger partial charge on any atom is -0.383 e. The number of hydrogen-bond acceptors (Lipinski definition) is 3. The summed E-state index contributed by atoms with van der Waals surface area (Å²) in [5, 5.41) is 3.37. The predicted octanol–water partition coefficient (Wildman–Crippen LogP) is 1.86. The van der Waals surface area contributed by atoms with Crippen LogP contribution >= 0.6 is 0 Å². The first-order chi connectivity index (χ1) is 9.40. The largest absolute Gasteiger partial charge is 0.383 e. The number of rotatable bonds is 8. The summed E-state index contributed by atoms with van der Waals surface area (Å²) < 4.78 is 7.29. The van der Waals surface area contributed by atoms with Crippen molar-refractivity contribution in [1.29, 1.82) is 0 Å². The summed E-state index contributed by atoms with van der Waals surface area (Å²) in [6.07, 6.45) is 4.93. The minimum atomic E-state index is 0.745. The Morgan fingerprint density at radius 1 is 1.26 bits per heavy atom. The third-order valence-electron chi connectivity index (χ3n) is 3.05. The van der Waals surface area contributed by atoms with E-state index in [-0.39, 0.29) is 0 Å². The van der Waals surface area contributed by atoms with Gasteiger partial charge in [-0.3, -0.25) is 4.98 Å². The minimum absolute atomic E-state index is 0.745. The molecule has 0 aliphatic rings. The maximum absolute atomic E-state index is 5.02. The summed E-state index contributed by atoms with van der Waals surface area (Å²) >= 11 is 0. The van der Waals surface area contributed by atoms with Gasteiger partial charge in [0.15, 0.2) is 0 Å². The fraction of sp³-hybridized carbons (Fsp3) is 0.400. The molecule has 0 amide bonds. The topological polar surface area (TPSA) is 39.1 Å². The summed E-state index contributed by atoms with van der Waals surface area (Å²) in [5.41, 5.74) is 2.43. The van der Waals surface area contributed by atoms with E-state index >= 15 is 0 Å². The van der Waals surface area contributed by atoms with Crippen molar-refractivity contribution >= 4 is 0 Å². The summed E-state index contributed by atoms with van der Waals surface area (Å²) in [5.74, 6) is 0. The van der Waals surface area contributed by atoms with Gasteiger partial charge in [-0.2, -0.15) is 0 Å². The van der Waals surface area contributed by atoms with Crippen molar-refractivity contribution in [3.05, 3.63) is 54.1 Å². The van der Waals surface area contributed by atoms with Gasteiger partial charge >= 0.3 is 0 Å². The summed E-state index contributed by atoms with van der Waals surface area (Å²) in [7, 11) is 1.72. The molecule has 0 spiro atoms. The van der Waals surface area contributed by atoms with E-state index in [1.165, 1.54) is 5.69 Å². The Bertz CT molecular complexity index is 467. The van der Waals surface area contributed by atoms with E-state index in [0.29, 0.717) is 0 Å². The van der Waals surface area contributed by atoms with Gasteiger partial charge in [0.1, 0.15) is 0 Å². The van der Waals surface area contributed by atoms with Crippen LogP contribution in [-0.4, -0.2) is 29.8 Å². The van der Waals surface area contributed by atoms with Gasteiger partial charge in [0.05, 0.1) is 6.61 Å². The van der Waals surface area contributed by atoms with E-state index in [9.17, 15) is 0 Å². The Kier molecular flexibility index (Phi) is 5.59. The Labute approximate surface area is 114 Å². The molecule has 4 nitrogen and oxygen atoms in total. The second kappa shape index (κ2) is 7.71. The maximum atomic E-state index is 5.02. The number of aromatic nitrogens is 2. The van der Waals surface area contributed by atoms with E-state index in [1.54, 1.807) is 7.11 Å². The molecule has 0 saturated heterocycles. The fourth-order valence-corrected chi connectivity index (χ4v) is 2.00. The van der Waals surface area contributed by atoms with Crippen molar-refractivity contribution in [3.63, 3.8) is 0 Å². The lowest BCUT2D eigenvalue weighted by atomic mass is 10.2. The molecule has 0 aliphatic carbocycles. The molecule has 2 aromatic heterocycles. The highest BCUT2D eigenvalue weighted by Gasteiger charge is 2.01.